The van der Waals surface area contributed by atoms with E-state index in [2.05, 4.69) is 0 Å². The second-order valence-corrected chi connectivity index (χ2v) is 5.41. The van der Waals surface area contributed by atoms with Crippen LogP contribution >= 0.6 is 11.8 Å². The van der Waals surface area contributed by atoms with E-state index in [4.69, 9.17) is 11.1 Å². The van der Waals surface area contributed by atoms with E-state index in [0.717, 1.165) is 11.1 Å². The van der Waals surface area contributed by atoms with Crippen LogP contribution in [0.4, 0.5) is 8.78 Å². The summed E-state index contributed by atoms with van der Waals surface area (Å²) in [6.45, 7) is 0. The molecule has 2 aromatic rings. The summed E-state index contributed by atoms with van der Waals surface area (Å²) in [6.07, 6.45) is 0. The zero-order valence-corrected chi connectivity index (χ0v) is 11.5. The minimum atomic E-state index is -0.303. The Kier molecular flexibility index (Phi) is 4.74. The molecule has 0 aliphatic rings. The van der Waals surface area contributed by atoms with Gasteiger partial charge >= 0.3 is 0 Å². The molecule has 5 heteroatoms. The first-order chi connectivity index (χ1) is 9.56. The fraction of sp³-hybridized carbons (Fsp3) is 0.133. The summed E-state index contributed by atoms with van der Waals surface area (Å²) in [6, 6.07) is 12.3. The number of rotatable bonds is 5. The molecule has 0 unspecified atom stereocenters. The Balaban J connectivity index is 2.30. The molecule has 0 saturated carbocycles. The van der Waals surface area contributed by atoms with Crippen LogP contribution in [-0.4, -0.2) is 11.6 Å². The predicted molar refractivity (Wildman–Crippen MR) is 79.0 cm³/mol. The average Bonchev–Trinajstić information content (AvgIpc) is 2.42. The van der Waals surface area contributed by atoms with Crippen molar-refractivity contribution in [1.29, 1.82) is 5.41 Å². The molecule has 0 amide bonds. The molecule has 0 heterocycles. The summed E-state index contributed by atoms with van der Waals surface area (Å²) in [5.41, 5.74) is 7.17. The van der Waals surface area contributed by atoms with Gasteiger partial charge in [0.1, 0.15) is 17.5 Å². The fourth-order valence-electron chi connectivity index (χ4n) is 1.83. The molecule has 0 fully saturated rings. The quantitative estimate of drug-likeness (QED) is 0.652. The Morgan fingerprint density at radius 2 is 1.35 bits per heavy atom. The average molecular weight is 292 g/mol. The van der Waals surface area contributed by atoms with Crippen molar-refractivity contribution in [3.05, 3.63) is 71.3 Å². The maximum Gasteiger partial charge on any atom is 0.123 e. The van der Waals surface area contributed by atoms with E-state index in [1.165, 1.54) is 36.0 Å². The van der Waals surface area contributed by atoms with Gasteiger partial charge in [0.25, 0.3) is 0 Å². The highest BCUT2D eigenvalue weighted by atomic mass is 32.2. The van der Waals surface area contributed by atoms with E-state index in [-0.39, 0.29) is 22.7 Å². The van der Waals surface area contributed by atoms with Crippen molar-refractivity contribution in [1.82, 2.24) is 0 Å². The first kappa shape index (κ1) is 14.5. The summed E-state index contributed by atoms with van der Waals surface area (Å²) in [5.74, 6) is -0.171. The van der Waals surface area contributed by atoms with Gasteiger partial charge in [-0.2, -0.15) is 0 Å². The zero-order chi connectivity index (χ0) is 14.5. The molecule has 20 heavy (non-hydrogen) atoms. The SMILES string of the molecule is N=C(N)CSC(c1ccc(F)cc1)c1ccc(F)cc1. The van der Waals surface area contributed by atoms with Crippen molar-refractivity contribution in [3.8, 4) is 0 Å². The molecular formula is C15H14F2N2S. The molecule has 0 bridgehead atoms. The summed E-state index contributed by atoms with van der Waals surface area (Å²) in [5, 5.41) is 7.21. The monoisotopic (exact) mass is 292 g/mol. The highest BCUT2D eigenvalue weighted by molar-refractivity contribution is 8.00. The van der Waals surface area contributed by atoms with E-state index in [0.29, 0.717) is 5.75 Å². The molecule has 3 N–H and O–H groups in total. The van der Waals surface area contributed by atoms with Gasteiger partial charge in [-0.05, 0) is 35.4 Å². The fourth-order valence-corrected chi connectivity index (χ4v) is 2.88. The van der Waals surface area contributed by atoms with Gasteiger partial charge in [0.2, 0.25) is 0 Å². The van der Waals surface area contributed by atoms with Gasteiger partial charge in [0.15, 0.2) is 0 Å². The zero-order valence-electron chi connectivity index (χ0n) is 10.6. The molecule has 0 aliphatic heterocycles. The number of hydrogen-bond donors (Lipinski definition) is 2. The molecule has 2 rings (SSSR count). The Morgan fingerprint density at radius 3 is 1.70 bits per heavy atom. The topological polar surface area (TPSA) is 49.9 Å². The maximum absolute atomic E-state index is 13.0. The summed E-state index contributed by atoms with van der Waals surface area (Å²) in [7, 11) is 0. The van der Waals surface area contributed by atoms with Gasteiger partial charge in [-0.3, -0.25) is 5.41 Å². The van der Waals surface area contributed by atoms with Crippen molar-refractivity contribution >= 4 is 17.6 Å². The molecule has 0 aromatic heterocycles. The van der Waals surface area contributed by atoms with Crippen molar-refractivity contribution in [3.63, 3.8) is 0 Å². The number of halogens is 2. The number of amidine groups is 1. The van der Waals surface area contributed by atoms with Crippen molar-refractivity contribution < 1.29 is 8.78 Å². The Morgan fingerprint density at radius 1 is 0.950 bits per heavy atom. The molecule has 0 saturated heterocycles. The highest BCUT2D eigenvalue weighted by Crippen LogP contribution is 2.35. The number of hydrogen-bond acceptors (Lipinski definition) is 2. The third kappa shape index (κ3) is 3.81. The van der Waals surface area contributed by atoms with E-state index >= 15 is 0 Å². The number of thioether (sulfide) groups is 1. The summed E-state index contributed by atoms with van der Waals surface area (Å²) in [4.78, 5) is 0. The number of benzene rings is 2. The van der Waals surface area contributed by atoms with Crippen molar-refractivity contribution in [2.75, 3.05) is 5.75 Å². The molecule has 0 spiro atoms. The van der Waals surface area contributed by atoms with Crippen LogP contribution in [-0.2, 0) is 0 Å². The normalized spacial score (nSPS) is 10.8. The molecular weight excluding hydrogens is 278 g/mol. The minimum Gasteiger partial charge on any atom is -0.387 e. The maximum atomic E-state index is 13.0. The van der Waals surface area contributed by atoms with Crippen LogP contribution in [0.2, 0.25) is 0 Å². The van der Waals surface area contributed by atoms with Gasteiger partial charge in [-0.25, -0.2) is 8.78 Å². The van der Waals surface area contributed by atoms with Gasteiger partial charge in [0.05, 0.1) is 11.0 Å². The highest BCUT2D eigenvalue weighted by Gasteiger charge is 2.15. The molecule has 2 aromatic carbocycles. The number of nitrogens with one attached hydrogen (secondary N) is 1. The first-order valence-corrected chi connectivity index (χ1v) is 7.06. The van der Waals surface area contributed by atoms with Crippen LogP contribution < -0.4 is 5.73 Å². The van der Waals surface area contributed by atoms with E-state index in [1.807, 2.05) is 0 Å². The third-order valence-corrected chi connectivity index (χ3v) is 4.11. The second-order valence-electron chi connectivity index (χ2n) is 4.32. The largest absolute Gasteiger partial charge is 0.387 e. The lowest BCUT2D eigenvalue weighted by Gasteiger charge is -2.17. The van der Waals surface area contributed by atoms with Crippen molar-refractivity contribution in [2.24, 2.45) is 5.73 Å². The van der Waals surface area contributed by atoms with Crippen LogP contribution in [0.15, 0.2) is 48.5 Å². The van der Waals surface area contributed by atoms with Gasteiger partial charge in [-0.1, -0.05) is 24.3 Å². The van der Waals surface area contributed by atoms with Crippen LogP contribution in [0.1, 0.15) is 16.4 Å². The molecule has 0 atom stereocenters. The van der Waals surface area contributed by atoms with E-state index < -0.39 is 0 Å². The van der Waals surface area contributed by atoms with Crippen molar-refractivity contribution in [2.45, 2.75) is 5.25 Å². The standard InChI is InChI=1S/C15H14F2N2S/c16-12-5-1-10(2-6-12)15(20-9-14(18)19)11-3-7-13(17)8-4-11/h1-8,15H,9H2,(H3,18,19). The van der Waals surface area contributed by atoms with Gasteiger partial charge < -0.3 is 5.73 Å². The smallest absolute Gasteiger partial charge is 0.123 e. The van der Waals surface area contributed by atoms with E-state index in [9.17, 15) is 8.78 Å². The summed E-state index contributed by atoms with van der Waals surface area (Å²) < 4.78 is 26.0. The van der Waals surface area contributed by atoms with Gasteiger partial charge in [-0.15, -0.1) is 11.8 Å². The molecule has 0 radical (unpaired) electrons. The first-order valence-electron chi connectivity index (χ1n) is 6.01. The van der Waals surface area contributed by atoms with Crippen LogP contribution in [0.25, 0.3) is 0 Å². The molecule has 2 nitrogen and oxygen atoms in total. The number of nitrogens with two attached hydrogens (primary N) is 1. The lowest BCUT2D eigenvalue weighted by molar-refractivity contribution is 0.626. The molecule has 104 valence electrons. The Labute approximate surface area is 120 Å². The minimum absolute atomic E-state index is 0.0734. The van der Waals surface area contributed by atoms with Crippen LogP contribution in [0.3, 0.4) is 0 Å². The van der Waals surface area contributed by atoms with E-state index in [1.54, 1.807) is 24.3 Å². The van der Waals surface area contributed by atoms with Gasteiger partial charge in [0, 0.05) is 0 Å². The Bertz CT molecular complexity index is 536. The Hall–Kier alpha value is -1.88. The van der Waals surface area contributed by atoms with Crippen LogP contribution in [0.5, 0.6) is 0 Å². The lowest BCUT2D eigenvalue weighted by Crippen LogP contribution is -2.13. The predicted octanol–water partition coefficient (Wildman–Crippen LogP) is 3.72. The third-order valence-electron chi connectivity index (χ3n) is 2.75. The van der Waals surface area contributed by atoms with Crippen LogP contribution in [0, 0.1) is 17.0 Å². The lowest BCUT2D eigenvalue weighted by atomic mass is 10.0. The molecule has 0 aliphatic carbocycles. The summed E-state index contributed by atoms with van der Waals surface area (Å²) >= 11 is 1.45. The second kappa shape index (κ2) is 6.52.